The van der Waals surface area contributed by atoms with Crippen molar-refractivity contribution in [3.05, 3.63) is 77.4 Å². The van der Waals surface area contributed by atoms with Crippen LogP contribution in [0.1, 0.15) is 49.3 Å². The first-order valence-electron chi connectivity index (χ1n) is 12.7. The van der Waals surface area contributed by atoms with E-state index in [2.05, 4.69) is 71.3 Å². The fourth-order valence-corrected chi connectivity index (χ4v) is 4.25. The molecule has 36 heavy (non-hydrogen) atoms. The maximum absolute atomic E-state index is 6.06. The van der Waals surface area contributed by atoms with E-state index in [9.17, 15) is 0 Å². The van der Waals surface area contributed by atoms with Crippen molar-refractivity contribution in [2.75, 3.05) is 30.0 Å². The summed E-state index contributed by atoms with van der Waals surface area (Å²) in [6.45, 7) is 11.1. The second-order valence-electron chi connectivity index (χ2n) is 9.00. The van der Waals surface area contributed by atoms with Gasteiger partial charge >= 0.3 is 0 Å². The van der Waals surface area contributed by atoms with Gasteiger partial charge < -0.3 is 14.6 Å². The highest BCUT2D eigenvalue weighted by atomic mass is 16.5. The number of aryl methyl sites for hydroxylation is 2. The second kappa shape index (κ2) is 12.2. The van der Waals surface area contributed by atoms with Crippen molar-refractivity contribution < 1.29 is 4.74 Å². The average molecular weight is 485 g/mol. The van der Waals surface area contributed by atoms with Gasteiger partial charge in [-0.2, -0.15) is 5.10 Å². The van der Waals surface area contributed by atoms with Crippen molar-refractivity contribution >= 4 is 28.5 Å². The molecule has 0 saturated heterocycles. The molecule has 0 radical (unpaired) electrons. The van der Waals surface area contributed by atoms with Gasteiger partial charge in [0, 0.05) is 59.8 Å². The molecule has 0 aliphatic carbocycles. The predicted molar refractivity (Wildman–Crippen MR) is 149 cm³/mol. The smallest absolute Gasteiger partial charge is 0.215 e. The molecule has 0 unspecified atom stereocenters. The lowest BCUT2D eigenvalue weighted by molar-refractivity contribution is 0.308. The molecule has 1 aromatic carbocycles. The SMILES string of the molecule is CCCN(CCC)c1cc(/C=N/Nc2ccc3[nH]c(C)c(C)c3c2)nc(OCCc2ccccn2)c1. The number of pyridine rings is 2. The van der Waals surface area contributed by atoms with E-state index in [0.29, 0.717) is 12.5 Å². The zero-order chi connectivity index (χ0) is 25.3. The van der Waals surface area contributed by atoms with Crippen LogP contribution in [0.3, 0.4) is 0 Å². The summed E-state index contributed by atoms with van der Waals surface area (Å²) in [4.78, 5) is 14.9. The zero-order valence-corrected chi connectivity index (χ0v) is 21.7. The summed E-state index contributed by atoms with van der Waals surface area (Å²) < 4.78 is 6.06. The number of hydrogen-bond acceptors (Lipinski definition) is 6. The Bertz CT molecular complexity index is 1290. The Morgan fingerprint density at radius 3 is 2.64 bits per heavy atom. The summed E-state index contributed by atoms with van der Waals surface area (Å²) in [6, 6.07) is 16.2. The summed E-state index contributed by atoms with van der Waals surface area (Å²) in [6.07, 6.45) is 6.43. The number of anilines is 2. The van der Waals surface area contributed by atoms with E-state index in [0.717, 1.165) is 60.6 Å². The van der Waals surface area contributed by atoms with E-state index in [-0.39, 0.29) is 0 Å². The van der Waals surface area contributed by atoms with E-state index in [4.69, 9.17) is 9.72 Å². The van der Waals surface area contributed by atoms with Gasteiger partial charge in [-0.1, -0.05) is 19.9 Å². The predicted octanol–water partition coefficient (Wildman–Crippen LogP) is 6.27. The van der Waals surface area contributed by atoms with Crippen molar-refractivity contribution in [3.8, 4) is 5.88 Å². The van der Waals surface area contributed by atoms with Crippen LogP contribution >= 0.6 is 0 Å². The molecule has 0 spiro atoms. The fourth-order valence-electron chi connectivity index (χ4n) is 4.25. The zero-order valence-electron chi connectivity index (χ0n) is 21.7. The molecule has 3 aromatic heterocycles. The quantitative estimate of drug-likeness (QED) is 0.183. The van der Waals surface area contributed by atoms with Crippen molar-refractivity contribution in [1.29, 1.82) is 0 Å². The molecule has 0 aliphatic rings. The molecule has 188 valence electrons. The third-order valence-corrected chi connectivity index (χ3v) is 6.19. The summed E-state index contributed by atoms with van der Waals surface area (Å²) in [7, 11) is 0. The van der Waals surface area contributed by atoms with Crippen LogP contribution in [0, 0.1) is 13.8 Å². The molecule has 0 fully saturated rings. The Morgan fingerprint density at radius 1 is 1.06 bits per heavy atom. The van der Waals surface area contributed by atoms with Crippen LogP contribution in [0.5, 0.6) is 5.88 Å². The molecule has 7 heteroatoms. The average Bonchev–Trinajstić information content (AvgIpc) is 3.17. The van der Waals surface area contributed by atoms with Gasteiger partial charge in [-0.05, 0) is 68.7 Å². The third kappa shape index (κ3) is 6.42. The Morgan fingerprint density at radius 2 is 1.89 bits per heavy atom. The number of hydrazone groups is 1. The Labute approximate surface area is 213 Å². The van der Waals surface area contributed by atoms with Gasteiger partial charge in [0.1, 0.15) is 0 Å². The van der Waals surface area contributed by atoms with Crippen LogP contribution < -0.4 is 15.1 Å². The van der Waals surface area contributed by atoms with Crippen LogP contribution in [0.2, 0.25) is 0 Å². The first-order valence-corrected chi connectivity index (χ1v) is 12.7. The molecule has 4 rings (SSSR count). The molecular weight excluding hydrogens is 448 g/mol. The number of nitrogens with one attached hydrogen (secondary N) is 2. The number of H-pyrrole nitrogens is 1. The number of rotatable bonds is 12. The van der Waals surface area contributed by atoms with Crippen molar-refractivity contribution in [2.45, 2.75) is 47.0 Å². The number of ether oxygens (including phenoxy) is 1. The Balaban J connectivity index is 1.52. The maximum Gasteiger partial charge on any atom is 0.215 e. The molecule has 2 N–H and O–H groups in total. The van der Waals surface area contributed by atoms with Gasteiger partial charge in [0.15, 0.2) is 0 Å². The van der Waals surface area contributed by atoms with Crippen molar-refractivity contribution in [3.63, 3.8) is 0 Å². The van der Waals surface area contributed by atoms with Crippen molar-refractivity contribution in [2.24, 2.45) is 5.10 Å². The summed E-state index contributed by atoms with van der Waals surface area (Å²) >= 11 is 0. The van der Waals surface area contributed by atoms with Gasteiger partial charge in [0.05, 0.1) is 24.2 Å². The maximum atomic E-state index is 6.06. The third-order valence-electron chi connectivity index (χ3n) is 6.19. The van der Waals surface area contributed by atoms with Crippen LogP contribution in [0.15, 0.2) is 59.8 Å². The van der Waals surface area contributed by atoms with Crippen molar-refractivity contribution in [1.82, 2.24) is 15.0 Å². The number of benzene rings is 1. The minimum absolute atomic E-state index is 0.513. The normalized spacial score (nSPS) is 11.3. The fraction of sp³-hybridized carbons (Fsp3) is 0.345. The lowest BCUT2D eigenvalue weighted by Gasteiger charge is -2.24. The lowest BCUT2D eigenvalue weighted by atomic mass is 10.1. The molecule has 4 aromatic rings. The highest BCUT2D eigenvalue weighted by molar-refractivity contribution is 5.87. The highest BCUT2D eigenvalue weighted by Gasteiger charge is 2.10. The summed E-state index contributed by atoms with van der Waals surface area (Å²) in [5, 5.41) is 5.68. The number of fused-ring (bicyclic) bond motifs is 1. The van der Waals surface area contributed by atoms with Crippen LogP contribution in [0.25, 0.3) is 10.9 Å². The van der Waals surface area contributed by atoms with E-state index >= 15 is 0 Å². The van der Waals surface area contributed by atoms with E-state index in [1.807, 2.05) is 30.3 Å². The topological polar surface area (TPSA) is 78.4 Å². The van der Waals surface area contributed by atoms with E-state index < -0.39 is 0 Å². The van der Waals surface area contributed by atoms with Crippen LogP contribution in [-0.2, 0) is 6.42 Å². The first kappa shape index (κ1) is 25.2. The number of nitrogens with zero attached hydrogens (tertiary/aromatic N) is 4. The van der Waals surface area contributed by atoms with Crippen LogP contribution in [0.4, 0.5) is 11.4 Å². The first-order chi connectivity index (χ1) is 17.6. The molecule has 7 nitrogen and oxygen atoms in total. The van der Waals surface area contributed by atoms with E-state index in [1.165, 1.54) is 16.6 Å². The number of aromatic amines is 1. The lowest BCUT2D eigenvalue weighted by Crippen LogP contribution is -2.25. The Kier molecular flexibility index (Phi) is 8.55. The van der Waals surface area contributed by atoms with Gasteiger partial charge in [-0.25, -0.2) is 4.98 Å². The molecule has 0 amide bonds. The van der Waals surface area contributed by atoms with Crippen LogP contribution in [-0.4, -0.2) is 40.9 Å². The van der Waals surface area contributed by atoms with Gasteiger partial charge in [-0.15, -0.1) is 0 Å². The molecular formula is C29H36N6O. The standard InChI is InChI=1S/C29H36N6O/c1-5-14-35(15-6-2)26-17-25(33-29(19-26)36-16-12-23-9-7-8-13-30-23)20-31-34-24-10-11-28-27(18-24)21(3)22(4)32-28/h7-11,13,17-20,32,34H,5-6,12,14-16H2,1-4H3/b31-20+. The summed E-state index contributed by atoms with van der Waals surface area (Å²) in [5.74, 6) is 0.599. The summed E-state index contributed by atoms with van der Waals surface area (Å²) in [5.41, 5.74) is 10.5. The van der Waals surface area contributed by atoms with Gasteiger partial charge in [-0.3, -0.25) is 10.4 Å². The molecule has 0 atom stereocenters. The largest absolute Gasteiger partial charge is 0.477 e. The second-order valence-corrected chi connectivity index (χ2v) is 9.00. The minimum atomic E-state index is 0.513. The van der Waals surface area contributed by atoms with Gasteiger partial charge in [0.2, 0.25) is 5.88 Å². The van der Waals surface area contributed by atoms with E-state index in [1.54, 1.807) is 12.4 Å². The number of aromatic nitrogens is 3. The molecule has 0 aliphatic heterocycles. The Hall–Kier alpha value is -3.87. The highest BCUT2D eigenvalue weighted by Crippen LogP contribution is 2.25. The minimum Gasteiger partial charge on any atom is -0.477 e. The van der Waals surface area contributed by atoms with Gasteiger partial charge in [0.25, 0.3) is 0 Å². The molecule has 3 heterocycles. The molecule has 0 bridgehead atoms. The number of hydrogen-bond donors (Lipinski definition) is 2. The monoisotopic (exact) mass is 484 g/mol. The molecule has 0 saturated carbocycles.